The van der Waals surface area contributed by atoms with Crippen molar-refractivity contribution < 1.29 is 58.4 Å². The second-order valence-corrected chi connectivity index (χ2v) is 7.48. The molecule has 0 aliphatic rings. The largest absolute Gasteiger partial charge is 0.480 e. The molecule has 0 saturated carbocycles. The molecule has 14 nitrogen and oxygen atoms in total. The van der Waals surface area contributed by atoms with E-state index in [4.69, 9.17) is 34.9 Å². The highest BCUT2D eigenvalue weighted by Crippen LogP contribution is 2.34. The molecule has 0 rings (SSSR count). The maximum atomic E-state index is 10.5. The third kappa shape index (κ3) is 22.9. The van der Waals surface area contributed by atoms with Crippen molar-refractivity contribution in [3.05, 3.63) is 0 Å². The molecule has 0 bridgehead atoms. The first-order valence-electron chi connectivity index (χ1n) is 5.80. The van der Waals surface area contributed by atoms with Gasteiger partial charge in [-0.3, -0.25) is 33.7 Å². The van der Waals surface area contributed by atoms with Crippen molar-refractivity contribution in [1.29, 1.82) is 0 Å². The topological polar surface area (TPSA) is 242 Å². The lowest BCUT2D eigenvalue weighted by atomic mass is 10.5. The number of nitrogens with one attached hydrogen (secondary N) is 1. The summed E-state index contributed by atoms with van der Waals surface area (Å²) in [5.74, 6) is -3.84. The molecule has 142 valence electrons. The highest BCUT2D eigenvalue weighted by Gasteiger charge is 2.22. The van der Waals surface area contributed by atoms with Gasteiger partial charge in [-0.15, -0.1) is 0 Å². The lowest BCUT2D eigenvalue weighted by Crippen LogP contribution is -2.35. The number of nitrogens with zero attached hydrogens (tertiary/aromatic N) is 1. The van der Waals surface area contributed by atoms with E-state index in [1.165, 1.54) is 0 Å². The van der Waals surface area contributed by atoms with Crippen LogP contribution in [0.5, 0.6) is 0 Å². The van der Waals surface area contributed by atoms with E-state index < -0.39 is 65.3 Å². The third-order valence-electron chi connectivity index (χ3n) is 1.70. The smallest absolute Gasteiger partial charge is 0.339 e. The number of aliphatic carboxylic acids is 3. The highest BCUT2D eigenvalue weighted by atomic mass is 31.2. The molecule has 0 fully saturated rings. The molecular formula is C8H18N2O12P2. The maximum absolute atomic E-state index is 10.5. The molecule has 0 amide bonds. The molecule has 0 radical (unpaired) electrons. The average molecular weight is 396 g/mol. The molecule has 0 atom stereocenters. The summed E-state index contributed by atoms with van der Waals surface area (Å²) in [7, 11) is -8.53. The zero-order valence-corrected chi connectivity index (χ0v) is 13.8. The van der Waals surface area contributed by atoms with E-state index in [1.54, 1.807) is 0 Å². The third-order valence-corrected chi connectivity index (χ3v) is 3.10. The maximum Gasteiger partial charge on any atom is 0.339 e. The van der Waals surface area contributed by atoms with Crippen molar-refractivity contribution in [2.24, 2.45) is 0 Å². The van der Waals surface area contributed by atoms with Crippen LogP contribution in [0, 0.1) is 0 Å². The minimum atomic E-state index is -4.44. The molecule has 16 heteroatoms. The summed E-state index contributed by atoms with van der Waals surface area (Å²) < 4.78 is 20.5. The standard InChI is InChI=1S/C5H10NO7P.C3H8NO5P/c7-4(8)1-6(2-5(9)10)3-14(11,12)13;5-3(6)1-4-2-10(7,8)9/h1-3H2,(H,7,8)(H,9,10)(H2,11,12,13);4H,1-2H2,(H,5,6)(H2,7,8,9). The summed E-state index contributed by atoms with van der Waals surface area (Å²) in [6.07, 6.45) is -1.48. The van der Waals surface area contributed by atoms with Gasteiger partial charge in [0, 0.05) is 0 Å². The van der Waals surface area contributed by atoms with Gasteiger partial charge < -0.3 is 34.9 Å². The van der Waals surface area contributed by atoms with Crippen LogP contribution in [0.25, 0.3) is 0 Å². The number of hydrogen-bond acceptors (Lipinski definition) is 7. The van der Waals surface area contributed by atoms with Gasteiger partial charge in [0.2, 0.25) is 0 Å². The van der Waals surface area contributed by atoms with Crippen LogP contribution in [0.2, 0.25) is 0 Å². The van der Waals surface area contributed by atoms with Gasteiger partial charge in [-0.2, -0.15) is 0 Å². The minimum absolute atomic E-state index is 0.439. The van der Waals surface area contributed by atoms with Crippen molar-refractivity contribution in [2.45, 2.75) is 0 Å². The molecule has 24 heavy (non-hydrogen) atoms. The summed E-state index contributed by atoms with van der Waals surface area (Å²) >= 11 is 0. The lowest BCUT2D eigenvalue weighted by molar-refractivity contribution is -0.141. The average Bonchev–Trinajstić information content (AvgIpc) is 2.22. The van der Waals surface area contributed by atoms with Gasteiger partial charge in [-0.1, -0.05) is 0 Å². The van der Waals surface area contributed by atoms with E-state index in [1.807, 2.05) is 0 Å². The molecule has 0 unspecified atom stereocenters. The van der Waals surface area contributed by atoms with E-state index in [9.17, 15) is 23.5 Å². The van der Waals surface area contributed by atoms with Crippen LogP contribution in [0.3, 0.4) is 0 Å². The monoisotopic (exact) mass is 396 g/mol. The lowest BCUT2D eigenvalue weighted by Gasteiger charge is -2.17. The van der Waals surface area contributed by atoms with Crippen molar-refractivity contribution in [1.82, 2.24) is 10.2 Å². The van der Waals surface area contributed by atoms with Gasteiger partial charge in [0.15, 0.2) is 0 Å². The van der Waals surface area contributed by atoms with Gasteiger partial charge >= 0.3 is 33.1 Å². The Bertz CT molecular complexity index is 509. The first-order valence-corrected chi connectivity index (χ1v) is 9.39. The van der Waals surface area contributed by atoms with E-state index in [-0.39, 0.29) is 0 Å². The molecule has 0 saturated heterocycles. The summed E-state index contributed by atoms with van der Waals surface area (Å²) in [6, 6.07) is 0. The first-order chi connectivity index (χ1) is 10.6. The number of carboxylic acid groups (broad SMARTS) is 3. The Hall–Kier alpha value is -1.37. The van der Waals surface area contributed by atoms with Crippen LogP contribution in [-0.2, 0) is 23.5 Å². The zero-order chi connectivity index (χ0) is 19.6. The fraction of sp³-hybridized carbons (Fsp3) is 0.625. The number of carbonyl (C=O) groups is 3. The fourth-order valence-corrected chi connectivity index (χ4v) is 2.23. The van der Waals surface area contributed by atoms with Crippen LogP contribution in [0.1, 0.15) is 0 Å². The Morgan fingerprint density at radius 3 is 1.46 bits per heavy atom. The van der Waals surface area contributed by atoms with E-state index >= 15 is 0 Å². The Labute approximate surface area is 135 Å². The summed E-state index contributed by atoms with van der Waals surface area (Å²) in [5, 5.41) is 26.7. The summed E-state index contributed by atoms with van der Waals surface area (Å²) in [4.78, 5) is 64.2. The highest BCUT2D eigenvalue weighted by molar-refractivity contribution is 7.51. The molecule has 0 heterocycles. The zero-order valence-electron chi connectivity index (χ0n) is 12.0. The molecule has 0 aromatic rings. The molecule has 0 aliphatic heterocycles. The van der Waals surface area contributed by atoms with Gasteiger partial charge in [-0.25, -0.2) is 0 Å². The second-order valence-electron chi connectivity index (χ2n) is 4.22. The molecule has 0 aromatic heterocycles. The Morgan fingerprint density at radius 1 is 0.792 bits per heavy atom. The molecule has 0 spiro atoms. The van der Waals surface area contributed by atoms with Gasteiger partial charge in [0.25, 0.3) is 0 Å². The predicted molar refractivity (Wildman–Crippen MR) is 76.3 cm³/mol. The van der Waals surface area contributed by atoms with Crippen molar-refractivity contribution in [3.63, 3.8) is 0 Å². The van der Waals surface area contributed by atoms with E-state index in [0.29, 0.717) is 4.90 Å². The van der Waals surface area contributed by atoms with Gasteiger partial charge in [-0.05, 0) is 0 Å². The summed E-state index contributed by atoms with van der Waals surface area (Å²) in [6.45, 7) is -1.89. The quantitative estimate of drug-likeness (QED) is 0.176. The van der Waals surface area contributed by atoms with Crippen LogP contribution in [0.15, 0.2) is 0 Å². The van der Waals surface area contributed by atoms with Crippen molar-refractivity contribution in [2.75, 3.05) is 32.2 Å². The van der Waals surface area contributed by atoms with Crippen LogP contribution in [0.4, 0.5) is 0 Å². The molecule has 8 N–H and O–H groups in total. The van der Waals surface area contributed by atoms with Crippen LogP contribution >= 0.6 is 15.2 Å². The number of rotatable bonds is 10. The molecule has 0 aliphatic carbocycles. The SMILES string of the molecule is O=C(O)CN(CC(=O)O)CP(=O)(O)O.O=C(O)CNCP(=O)(O)O. The fourth-order valence-electron chi connectivity index (χ4n) is 1.11. The number of hydrogen-bond donors (Lipinski definition) is 8. The Balaban J connectivity index is 0. The second kappa shape index (κ2) is 11.2. The summed E-state index contributed by atoms with van der Waals surface area (Å²) in [5.41, 5.74) is 0. The number of carboxylic acids is 3. The van der Waals surface area contributed by atoms with E-state index in [2.05, 4.69) is 5.32 Å². The van der Waals surface area contributed by atoms with Gasteiger partial charge in [0.1, 0.15) is 6.29 Å². The first kappa shape index (κ1) is 24.9. The van der Waals surface area contributed by atoms with Gasteiger partial charge in [0.05, 0.1) is 25.9 Å². The van der Waals surface area contributed by atoms with Crippen molar-refractivity contribution >= 4 is 33.1 Å². The van der Waals surface area contributed by atoms with Crippen LogP contribution < -0.4 is 5.32 Å². The Morgan fingerprint density at radius 2 is 1.21 bits per heavy atom. The predicted octanol–water partition coefficient (Wildman–Crippen LogP) is -2.61. The molecular weight excluding hydrogens is 378 g/mol. The van der Waals surface area contributed by atoms with Crippen molar-refractivity contribution in [3.8, 4) is 0 Å². The van der Waals surface area contributed by atoms with Crippen LogP contribution in [-0.4, -0.2) is 89.9 Å². The normalized spacial score (nSPS) is 11.5. The molecule has 0 aromatic carbocycles. The Kier molecular flexibility index (Phi) is 11.6. The van der Waals surface area contributed by atoms with E-state index in [0.717, 1.165) is 0 Å². The minimum Gasteiger partial charge on any atom is -0.480 e.